The van der Waals surface area contributed by atoms with Crippen LogP contribution in [0, 0.1) is 25.7 Å². The molecule has 3 unspecified atom stereocenters. The molecule has 0 fully saturated rings. The van der Waals surface area contributed by atoms with E-state index < -0.39 is 0 Å². The first-order valence-corrected chi connectivity index (χ1v) is 15.8. The third-order valence-corrected chi connectivity index (χ3v) is 9.25. The number of rotatable bonds is 10. The third-order valence-electron chi connectivity index (χ3n) is 8.94. The van der Waals surface area contributed by atoms with Crippen molar-refractivity contribution in [2.24, 2.45) is 11.8 Å². The van der Waals surface area contributed by atoms with Crippen molar-refractivity contribution < 1.29 is 0 Å². The predicted molar refractivity (Wildman–Crippen MR) is 189 cm³/mol. The summed E-state index contributed by atoms with van der Waals surface area (Å²) >= 11 is 4.63. The van der Waals surface area contributed by atoms with E-state index in [-0.39, 0.29) is 11.8 Å². The van der Waals surface area contributed by atoms with Crippen LogP contribution in [0.4, 0.5) is 0 Å². The lowest BCUT2D eigenvalue weighted by Gasteiger charge is -2.29. The van der Waals surface area contributed by atoms with Gasteiger partial charge >= 0.3 is 0 Å². The molecule has 2 radical (unpaired) electrons. The van der Waals surface area contributed by atoms with Crippen LogP contribution in [0.15, 0.2) is 106 Å². The molecular formula is C39H49BS. The normalized spacial score (nSPS) is 21.2. The summed E-state index contributed by atoms with van der Waals surface area (Å²) in [4.78, 5) is 0. The van der Waals surface area contributed by atoms with E-state index in [4.69, 9.17) is 14.4 Å². The summed E-state index contributed by atoms with van der Waals surface area (Å²) < 4.78 is 0. The Morgan fingerprint density at radius 1 is 1.15 bits per heavy atom. The fourth-order valence-corrected chi connectivity index (χ4v) is 6.65. The topological polar surface area (TPSA) is 0 Å². The van der Waals surface area contributed by atoms with Crippen LogP contribution in [0.3, 0.4) is 0 Å². The van der Waals surface area contributed by atoms with E-state index in [0.29, 0.717) is 5.92 Å². The van der Waals surface area contributed by atoms with Crippen LogP contribution in [0.1, 0.15) is 89.0 Å². The van der Waals surface area contributed by atoms with Gasteiger partial charge < -0.3 is 0 Å². The largest absolute Gasteiger partial charge is 0.179 e. The number of allylic oxidation sites excluding steroid dienone is 15. The Labute approximate surface area is 258 Å². The molecule has 0 bridgehead atoms. The lowest BCUT2D eigenvalue weighted by Crippen LogP contribution is -2.19. The monoisotopic (exact) mass is 560 g/mol. The highest BCUT2D eigenvalue weighted by Crippen LogP contribution is 2.49. The molecule has 0 aliphatic heterocycles. The SMILES string of the molecule is [B]c1cc(C(CCCS)C2C=C(C3=CCC(C)C=C3)C(=C)/C2=C\C(=C/C)C(=C(C)C)/C(C)=C\C)c(C)c(C=C)c1C. The van der Waals surface area contributed by atoms with Gasteiger partial charge in [-0.1, -0.05) is 91.4 Å². The van der Waals surface area contributed by atoms with Crippen molar-refractivity contribution in [2.75, 3.05) is 5.75 Å². The van der Waals surface area contributed by atoms with Crippen LogP contribution >= 0.6 is 12.6 Å². The summed E-state index contributed by atoms with van der Waals surface area (Å²) in [6, 6.07) is 2.22. The standard InChI is InChI=1S/C39H49BS/c1-11-26(7)39(24(4)5)30(12-2)21-35-28(9)34(31-18-16-25(6)17-19-31)22-37(35)33(15-14-20-41)36-23-38(40)29(10)32(13-3)27(36)8/h11-13,16,18-19,21-23,25,33,37,41H,3,9,14-15,17,20H2,1-2,4-8,10H3/b26-11-,30-12+,35-21+. The third kappa shape index (κ3) is 7.03. The molecule has 0 spiro atoms. The van der Waals surface area contributed by atoms with Crippen LogP contribution in [-0.2, 0) is 0 Å². The Morgan fingerprint density at radius 2 is 1.85 bits per heavy atom. The first-order chi connectivity index (χ1) is 19.5. The summed E-state index contributed by atoms with van der Waals surface area (Å²) in [6.07, 6.45) is 21.4. The molecule has 0 saturated carbocycles. The van der Waals surface area contributed by atoms with Crippen molar-refractivity contribution in [3.05, 3.63) is 129 Å². The Hall–Kier alpha value is -2.71. The van der Waals surface area contributed by atoms with Gasteiger partial charge in [-0.15, -0.1) is 0 Å². The molecule has 3 atom stereocenters. The van der Waals surface area contributed by atoms with E-state index in [0.717, 1.165) is 47.2 Å². The number of hydrogen-bond donors (Lipinski definition) is 1. The molecular weight excluding hydrogens is 511 g/mol. The van der Waals surface area contributed by atoms with Crippen molar-refractivity contribution in [1.29, 1.82) is 0 Å². The van der Waals surface area contributed by atoms with Gasteiger partial charge in [0.15, 0.2) is 0 Å². The lowest BCUT2D eigenvalue weighted by molar-refractivity contribution is 0.532. The lowest BCUT2D eigenvalue weighted by atomic mass is 9.73. The minimum Gasteiger partial charge on any atom is -0.179 e. The molecule has 0 N–H and O–H groups in total. The summed E-state index contributed by atoms with van der Waals surface area (Å²) in [5.41, 5.74) is 15.8. The van der Waals surface area contributed by atoms with Crippen molar-refractivity contribution in [3.63, 3.8) is 0 Å². The molecule has 0 amide bonds. The quantitative estimate of drug-likeness (QED) is 0.164. The molecule has 214 valence electrons. The Bertz CT molecular complexity index is 1410. The molecule has 2 heteroatoms. The van der Waals surface area contributed by atoms with Gasteiger partial charge in [0.25, 0.3) is 0 Å². The molecule has 0 nitrogen and oxygen atoms in total. The van der Waals surface area contributed by atoms with Crippen LogP contribution in [-0.4, -0.2) is 13.6 Å². The second-order valence-corrected chi connectivity index (χ2v) is 12.3. The first-order valence-electron chi connectivity index (χ1n) is 15.1. The van der Waals surface area contributed by atoms with Gasteiger partial charge in [0.1, 0.15) is 7.85 Å². The zero-order chi connectivity index (χ0) is 30.4. The maximum absolute atomic E-state index is 6.62. The minimum absolute atomic E-state index is 0.170. The van der Waals surface area contributed by atoms with Crippen molar-refractivity contribution in [3.8, 4) is 0 Å². The molecule has 1 aromatic rings. The minimum atomic E-state index is 0.170. The van der Waals surface area contributed by atoms with E-state index in [9.17, 15) is 0 Å². The zero-order valence-corrected chi connectivity index (χ0v) is 27.6. The number of benzene rings is 1. The van der Waals surface area contributed by atoms with Crippen LogP contribution < -0.4 is 5.46 Å². The summed E-state index contributed by atoms with van der Waals surface area (Å²) in [6.45, 7) is 26.4. The van der Waals surface area contributed by atoms with E-state index in [2.05, 4.69) is 123 Å². The highest BCUT2D eigenvalue weighted by atomic mass is 32.1. The van der Waals surface area contributed by atoms with E-state index in [1.54, 1.807) is 0 Å². The van der Waals surface area contributed by atoms with Gasteiger partial charge in [0, 0.05) is 5.92 Å². The molecule has 1 aromatic carbocycles. The Kier molecular flexibility index (Phi) is 11.6. The van der Waals surface area contributed by atoms with Crippen molar-refractivity contribution >= 4 is 32.0 Å². The summed E-state index contributed by atoms with van der Waals surface area (Å²) in [7, 11) is 6.62. The molecule has 41 heavy (non-hydrogen) atoms. The molecule has 2 aliphatic rings. The zero-order valence-electron chi connectivity index (χ0n) is 26.7. The molecule has 0 aromatic heterocycles. The van der Waals surface area contributed by atoms with E-state index in [1.807, 2.05) is 6.08 Å². The average molecular weight is 561 g/mol. The Morgan fingerprint density at radius 3 is 2.39 bits per heavy atom. The maximum Gasteiger partial charge on any atom is 0.114 e. The average Bonchev–Trinajstić information content (AvgIpc) is 3.26. The van der Waals surface area contributed by atoms with Gasteiger partial charge in [0.05, 0.1) is 0 Å². The van der Waals surface area contributed by atoms with Crippen LogP contribution in [0.2, 0.25) is 0 Å². The predicted octanol–water partition coefficient (Wildman–Crippen LogP) is 10.3. The fraction of sp³-hybridized carbons (Fsp3) is 0.385. The van der Waals surface area contributed by atoms with Crippen molar-refractivity contribution in [2.45, 2.75) is 80.6 Å². The number of thiol groups is 1. The highest BCUT2D eigenvalue weighted by Gasteiger charge is 2.34. The van der Waals surface area contributed by atoms with Gasteiger partial charge in [-0.25, -0.2) is 0 Å². The summed E-state index contributed by atoms with van der Waals surface area (Å²) in [5, 5.41) is 0. The number of hydrogen-bond acceptors (Lipinski definition) is 1. The van der Waals surface area contributed by atoms with E-state index in [1.165, 1.54) is 50.1 Å². The van der Waals surface area contributed by atoms with Gasteiger partial charge in [-0.2, -0.15) is 12.6 Å². The fourth-order valence-electron chi connectivity index (χ4n) is 6.47. The van der Waals surface area contributed by atoms with Crippen molar-refractivity contribution in [1.82, 2.24) is 0 Å². The Balaban J connectivity index is 2.32. The second-order valence-electron chi connectivity index (χ2n) is 11.9. The second kappa shape index (κ2) is 14.5. The smallest absolute Gasteiger partial charge is 0.114 e. The van der Waals surface area contributed by atoms with E-state index >= 15 is 0 Å². The van der Waals surface area contributed by atoms with Crippen LogP contribution in [0.5, 0.6) is 0 Å². The van der Waals surface area contributed by atoms with Gasteiger partial charge in [-0.05, 0) is 141 Å². The van der Waals surface area contributed by atoms with Gasteiger partial charge in [0.2, 0.25) is 0 Å². The molecule has 0 saturated heterocycles. The summed E-state index contributed by atoms with van der Waals surface area (Å²) in [5.74, 6) is 1.83. The van der Waals surface area contributed by atoms with Crippen LogP contribution in [0.25, 0.3) is 6.08 Å². The maximum atomic E-state index is 6.62. The highest BCUT2D eigenvalue weighted by molar-refractivity contribution is 7.80. The molecule has 0 heterocycles. The molecule has 2 aliphatic carbocycles. The first kappa shape index (κ1) is 32.8. The molecule has 3 rings (SSSR count). The van der Waals surface area contributed by atoms with Gasteiger partial charge in [-0.3, -0.25) is 0 Å².